The van der Waals surface area contributed by atoms with Gasteiger partial charge in [0, 0.05) is 6.54 Å². The number of hydrogen-bond donors (Lipinski definition) is 2. The molecule has 114 valence electrons. The van der Waals surface area contributed by atoms with Crippen LogP contribution in [0.5, 0.6) is 5.75 Å². The van der Waals surface area contributed by atoms with E-state index in [1.165, 1.54) is 0 Å². The smallest absolute Gasteiger partial charge is 0.257 e. The van der Waals surface area contributed by atoms with E-state index >= 15 is 0 Å². The maximum absolute atomic E-state index is 11.6. The quantitative estimate of drug-likeness (QED) is 0.772. The van der Waals surface area contributed by atoms with Crippen molar-refractivity contribution < 1.29 is 9.53 Å². The average molecular weight is 309 g/mol. The summed E-state index contributed by atoms with van der Waals surface area (Å²) in [6, 6.07) is 13.9. The molecular formula is C16H21ClN2O2. The molecule has 1 amide bonds. The summed E-state index contributed by atoms with van der Waals surface area (Å²) in [7, 11) is 1.89. The van der Waals surface area contributed by atoms with Gasteiger partial charge in [0.15, 0.2) is 6.61 Å². The van der Waals surface area contributed by atoms with Crippen molar-refractivity contribution in [1.82, 2.24) is 10.6 Å². The van der Waals surface area contributed by atoms with E-state index in [0.29, 0.717) is 12.3 Å². The molecule has 0 saturated heterocycles. The summed E-state index contributed by atoms with van der Waals surface area (Å²) in [6.45, 7) is 1.62. The molecule has 0 fully saturated rings. The van der Waals surface area contributed by atoms with Crippen molar-refractivity contribution in [3.05, 3.63) is 42.5 Å². The predicted molar refractivity (Wildman–Crippen MR) is 88.2 cm³/mol. The normalized spacial score (nSPS) is 9.95. The van der Waals surface area contributed by atoms with Crippen LogP contribution in [0.4, 0.5) is 0 Å². The molecule has 21 heavy (non-hydrogen) atoms. The predicted octanol–water partition coefficient (Wildman–Crippen LogP) is 2.37. The van der Waals surface area contributed by atoms with E-state index in [1.54, 1.807) is 0 Å². The molecule has 2 aromatic carbocycles. The fraction of sp³-hybridized carbons (Fsp3) is 0.312. The molecular weight excluding hydrogens is 288 g/mol. The summed E-state index contributed by atoms with van der Waals surface area (Å²) < 4.78 is 5.51. The number of carbonyl (C=O) groups excluding carboxylic acids is 1. The third kappa shape index (κ3) is 5.61. The van der Waals surface area contributed by atoms with Crippen LogP contribution >= 0.6 is 12.4 Å². The van der Waals surface area contributed by atoms with E-state index in [1.807, 2.05) is 49.5 Å². The average Bonchev–Trinajstić information content (AvgIpc) is 2.49. The van der Waals surface area contributed by atoms with Crippen molar-refractivity contribution in [2.75, 3.05) is 26.7 Å². The Morgan fingerprint density at radius 1 is 1.10 bits per heavy atom. The highest BCUT2D eigenvalue weighted by molar-refractivity contribution is 5.85. The Morgan fingerprint density at radius 3 is 2.62 bits per heavy atom. The van der Waals surface area contributed by atoms with Crippen LogP contribution < -0.4 is 15.4 Å². The first-order chi connectivity index (χ1) is 9.79. The van der Waals surface area contributed by atoms with E-state index in [0.717, 1.165) is 23.7 Å². The molecule has 0 saturated carbocycles. The maximum atomic E-state index is 11.6. The number of carbonyl (C=O) groups is 1. The second kappa shape index (κ2) is 9.21. The minimum Gasteiger partial charge on any atom is -0.484 e. The van der Waals surface area contributed by atoms with Crippen LogP contribution in [0.15, 0.2) is 42.5 Å². The second-order valence-corrected chi connectivity index (χ2v) is 4.60. The summed E-state index contributed by atoms with van der Waals surface area (Å²) >= 11 is 0. The molecule has 0 aliphatic rings. The topological polar surface area (TPSA) is 50.4 Å². The summed E-state index contributed by atoms with van der Waals surface area (Å²) in [5, 5.41) is 8.13. The molecule has 2 aromatic rings. The van der Waals surface area contributed by atoms with Gasteiger partial charge in [-0.25, -0.2) is 0 Å². The monoisotopic (exact) mass is 308 g/mol. The van der Waals surface area contributed by atoms with Crippen molar-refractivity contribution in [2.45, 2.75) is 6.42 Å². The zero-order valence-electron chi connectivity index (χ0n) is 12.1. The number of hydrogen-bond acceptors (Lipinski definition) is 3. The number of ether oxygens (including phenoxy) is 1. The summed E-state index contributed by atoms with van der Waals surface area (Å²) in [6.07, 6.45) is 0.915. The van der Waals surface area contributed by atoms with E-state index in [4.69, 9.17) is 4.74 Å². The Kier molecular flexibility index (Phi) is 7.58. The van der Waals surface area contributed by atoms with E-state index in [9.17, 15) is 4.79 Å². The Hall–Kier alpha value is -1.78. The molecule has 4 nitrogen and oxygen atoms in total. The van der Waals surface area contributed by atoms with Gasteiger partial charge in [-0.3, -0.25) is 4.79 Å². The SMILES string of the molecule is CNCCCNC(=O)COc1ccc2ccccc2c1.Cl. The molecule has 0 atom stereocenters. The Labute approximate surface area is 131 Å². The number of nitrogens with one attached hydrogen (secondary N) is 2. The van der Waals surface area contributed by atoms with Gasteiger partial charge in [0.25, 0.3) is 5.91 Å². The lowest BCUT2D eigenvalue weighted by Crippen LogP contribution is -2.30. The first kappa shape index (κ1) is 17.3. The standard InChI is InChI=1S/C16H20N2O2.ClH/c1-17-9-4-10-18-16(19)12-20-15-8-7-13-5-2-3-6-14(13)11-15;/h2-3,5-8,11,17H,4,9-10,12H2,1H3,(H,18,19);1H. The molecule has 0 heterocycles. The van der Waals surface area contributed by atoms with E-state index in [-0.39, 0.29) is 24.9 Å². The minimum absolute atomic E-state index is 0. The van der Waals surface area contributed by atoms with Gasteiger partial charge in [0.1, 0.15) is 5.75 Å². The van der Waals surface area contributed by atoms with Crippen molar-refractivity contribution >= 4 is 29.1 Å². The number of benzene rings is 2. The largest absolute Gasteiger partial charge is 0.484 e. The molecule has 0 aromatic heterocycles. The first-order valence-electron chi connectivity index (χ1n) is 6.82. The fourth-order valence-corrected chi connectivity index (χ4v) is 1.95. The van der Waals surface area contributed by atoms with Gasteiger partial charge in [0.05, 0.1) is 0 Å². The molecule has 0 spiro atoms. The van der Waals surface area contributed by atoms with Crippen molar-refractivity contribution in [2.24, 2.45) is 0 Å². The van der Waals surface area contributed by atoms with Gasteiger partial charge in [-0.2, -0.15) is 0 Å². The summed E-state index contributed by atoms with van der Waals surface area (Å²) in [4.78, 5) is 11.6. The first-order valence-corrected chi connectivity index (χ1v) is 6.82. The molecule has 0 unspecified atom stereocenters. The third-order valence-corrected chi connectivity index (χ3v) is 3.02. The molecule has 0 aliphatic carbocycles. The van der Waals surface area contributed by atoms with Gasteiger partial charge in [-0.15, -0.1) is 12.4 Å². The van der Waals surface area contributed by atoms with Gasteiger partial charge in [-0.1, -0.05) is 30.3 Å². The van der Waals surface area contributed by atoms with Crippen molar-refractivity contribution in [3.8, 4) is 5.75 Å². The molecule has 2 rings (SSSR count). The number of rotatable bonds is 7. The lowest BCUT2D eigenvalue weighted by atomic mass is 10.1. The fourth-order valence-electron chi connectivity index (χ4n) is 1.95. The van der Waals surface area contributed by atoms with Crippen LogP contribution in [0.25, 0.3) is 10.8 Å². The van der Waals surface area contributed by atoms with E-state index in [2.05, 4.69) is 10.6 Å². The van der Waals surface area contributed by atoms with Crippen LogP contribution in [-0.2, 0) is 4.79 Å². The van der Waals surface area contributed by atoms with Crippen molar-refractivity contribution in [1.29, 1.82) is 0 Å². The summed E-state index contributed by atoms with van der Waals surface area (Å²) in [5.41, 5.74) is 0. The van der Waals surface area contributed by atoms with Crippen LogP contribution in [0, 0.1) is 0 Å². The lowest BCUT2D eigenvalue weighted by Gasteiger charge is -2.08. The highest BCUT2D eigenvalue weighted by Crippen LogP contribution is 2.20. The number of amides is 1. The number of halogens is 1. The summed E-state index contributed by atoms with van der Waals surface area (Å²) in [5.74, 6) is 0.628. The molecule has 0 aliphatic heterocycles. The number of fused-ring (bicyclic) bond motifs is 1. The van der Waals surface area contributed by atoms with Crippen LogP contribution in [-0.4, -0.2) is 32.7 Å². The maximum Gasteiger partial charge on any atom is 0.257 e. The zero-order chi connectivity index (χ0) is 14.2. The Balaban J connectivity index is 0.00000220. The molecule has 0 bridgehead atoms. The van der Waals surface area contributed by atoms with Gasteiger partial charge < -0.3 is 15.4 Å². The molecule has 2 N–H and O–H groups in total. The van der Waals surface area contributed by atoms with Gasteiger partial charge >= 0.3 is 0 Å². The zero-order valence-corrected chi connectivity index (χ0v) is 12.9. The van der Waals surface area contributed by atoms with Crippen LogP contribution in [0.2, 0.25) is 0 Å². The van der Waals surface area contributed by atoms with Gasteiger partial charge in [-0.05, 0) is 42.9 Å². The third-order valence-electron chi connectivity index (χ3n) is 3.02. The highest BCUT2D eigenvalue weighted by Gasteiger charge is 2.02. The van der Waals surface area contributed by atoms with Crippen LogP contribution in [0.3, 0.4) is 0 Å². The van der Waals surface area contributed by atoms with E-state index < -0.39 is 0 Å². The lowest BCUT2D eigenvalue weighted by molar-refractivity contribution is -0.123. The minimum atomic E-state index is -0.0886. The van der Waals surface area contributed by atoms with Crippen LogP contribution in [0.1, 0.15) is 6.42 Å². The Bertz CT molecular complexity index is 575. The molecule has 0 radical (unpaired) electrons. The Morgan fingerprint density at radius 2 is 1.86 bits per heavy atom. The van der Waals surface area contributed by atoms with Crippen molar-refractivity contribution in [3.63, 3.8) is 0 Å². The van der Waals surface area contributed by atoms with Gasteiger partial charge in [0.2, 0.25) is 0 Å². The second-order valence-electron chi connectivity index (χ2n) is 4.60. The molecule has 5 heteroatoms. The highest BCUT2D eigenvalue weighted by atomic mass is 35.5.